The number of benzene rings is 1. The Bertz CT molecular complexity index is 499. The molecule has 0 fully saturated rings. The number of carbonyl (C=O) groups is 1. The standard InChI is InChI=1S/C15H21NO6/c1-10(9-13(18)16-20)15(21-2)14(19)11-3-5-12(6-4-11)22-8-7-17/h3-6,9,14-15,17,19-20H,7-8H2,1-2H3,(H,16,18)/b10-9+/t14-,15-/m1/s1. The Kier molecular flexibility index (Phi) is 7.55. The number of ether oxygens (including phenoxy) is 2. The molecule has 7 nitrogen and oxygen atoms in total. The van der Waals surface area contributed by atoms with Crippen LogP contribution < -0.4 is 10.2 Å². The monoisotopic (exact) mass is 311 g/mol. The molecule has 0 spiro atoms. The summed E-state index contributed by atoms with van der Waals surface area (Å²) in [6.07, 6.45) is -0.572. The minimum absolute atomic E-state index is 0.0764. The van der Waals surface area contributed by atoms with Gasteiger partial charge in [-0.25, -0.2) is 5.48 Å². The molecule has 0 heterocycles. The Balaban J connectivity index is 2.85. The van der Waals surface area contributed by atoms with E-state index in [1.165, 1.54) is 12.6 Å². The lowest BCUT2D eigenvalue weighted by atomic mass is 9.98. The molecule has 22 heavy (non-hydrogen) atoms. The summed E-state index contributed by atoms with van der Waals surface area (Å²) in [5.41, 5.74) is 2.54. The molecule has 0 aromatic heterocycles. The number of hydrogen-bond acceptors (Lipinski definition) is 6. The highest BCUT2D eigenvalue weighted by Gasteiger charge is 2.23. The van der Waals surface area contributed by atoms with Gasteiger partial charge in [-0.05, 0) is 30.2 Å². The van der Waals surface area contributed by atoms with Crippen LogP contribution in [0.3, 0.4) is 0 Å². The number of nitrogens with one attached hydrogen (secondary N) is 1. The van der Waals surface area contributed by atoms with Crippen molar-refractivity contribution in [2.75, 3.05) is 20.3 Å². The molecule has 122 valence electrons. The second-order valence-corrected chi connectivity index (χ2v) is 4.61. The fraction of sp³-hybridized carbons (Fsp3) is 0.400. The van der Waals surface area contributed by atoms with Crippen molar-refractivity contribution in [1.82, 2.24) is 5.48 Å². The first-order chi connectivity index (χ1) is 10.5. The van der Waals surface area contributed by atoms with Gasteiger partial charge >= 0.3 is 0 Å². The van der Waals surface area contributed by atoms with Gasteiger partial charge in [0.15, 0.2) is 0 Å². The minimum atomic E-state index is -0.986. The number of hydrogen-bond donors (Lipinski definition) is 4. The molecule has 0 unspecified atom stereocenters. The summed E-state index contributed by atoms with van der Waals surface area (Å²) in [6, 6.07) is 6.67. The molecule has 0 aliphatic heterocycles. The highest BCUT2D eigenvalue weighted by Crippen LogP contribution is 2.25. The number of aliphatic hydroxyl groups is 2. The molecule has 0 saturated heterocycles. The third kappa shape index (κ3) is 5.12. The van der Waals surface area contributed by atoms with Crippen molar-refractivity contribution in [3.05, 3.63) is 41.5 Å². The maximum atomic E-state index is 11.1. The van der Waals surface area contributed by atoms with E-state index in [-0.39, 0.29) is 13.2 Å². The van der Waals surface area contributed by atoms with E-state index in [4.69, 9.17) is 19.8 Å². The van der Waals surface area contributed by atoms with Gasteiger partial charge in [0.1, 0.15) is 24.6 Å². The molecule has 0 radical (unpaired) electrons. The molecule has 1 rings (SSSR count). The van der Waals surface area contributed by atoms with Crippen molar-refractivity contribution < 1.29 is 29.7 Å². The van der Waals surface area contributed by atoms with Crippen molar-refractivity contribution in [3.63, 3.8) is 0 Å². The third-order valence-corrected chi connectivity index (χ3v) is 3.04. The summed E-state index contributed by atoms with van der Waals surface area (Å²) in [4.78, 5) is 11.1. The normalized spacial score (nSPS) is 14.3. The van der Waals surface area contributed by atoms with Gasteiger partial charge in [0.25, 0.3) is 5.91 Å². The topological polar surface area (TPSA) is 108 Å². The van der Waals surface area contributed by atoms with E-state index in [0.717, 1.165) is 6.08 Å². The minimum Gasteiger partial charge on any atom is -0.491 e. The van der Waals surface area contributed by atoms with Crippen LogP contribution in [0.4, 0.5) is 0 Å². The maximum absolute atomic E-state index is 11.1. The average molecular weight is 311 g/mol. The van der Waals surface area contributed by atoms with Gasteiger partial charge < -0.3 is 19.7 Å². The first kappa shape index (κ1) is 18.1. The summed E-state index contributed by atoms with van der Waals surface area (Å²) in [5, 5.41) is 27.6. The lowest BCUT2D eigenvalue weighted by Gasteiger charge is -2.23. The summed E-state index contributed by atoms with van der Waals surface area (Å²) < 4.78 is 10.5. The quantitative estimate of drug-likeness (QED) is 0.317. The number of hydroxylamine groups is 1. The number of rotatable bonds is 8. The Labute approximate surface area is 128 Å². The van der Waals surface area contributed by atoms with Crippen LogP contribution in [0, 0.1) is 0 Å². The van der Waals surface area contributed by atoms with Gasteiger partial charge in [-0.2, -0.15) is 0 Å². The van der Waals surface area contributed by atoms with Crippen LogP contribution in [-0.2, 0) is 9.53 Å². The Morgan fingerprint density at radius 1 is 1.36 bits per heavy atom. The van der Waals surface area contributed by atoms with E-state index >= 15 is 0 Å². The predicted octanol–water partition coefficient (Wildman–Crippen LogP) is 0.558. The first-order valence-electron chi connectivity index (χ1n) is 6.70. The zero-order valence-corrected chi connectivity index (χ0v) is 12.5. The molecular weight excluding hydrogens is 290 g/mol. The zero-order valence-electron chi connectivity index (χ0n) is 12.5. The summed E-state index contributed by atoms with van der Waals surface area (Å²) >= 11 is 0. The van der Waals surface area contributed by atoms with Crippen LogP contribution in [0.25, 0.3) is 0 Å². The Morgan fingerprint density at radius 2 is 2.00 bits per heavy atom. The maximum Gasteiger partial charge on any atom is 0.267 e. The largest absolute Gasteiger partial charge is 0.491 e. The molecule has 1 amide bonds. The van der Waals surface area contributed by atoms with E-state index < -0.39 is 18.1 Å². The van der Waals surface area contributed by atoms with Gasteiger partial charge in [-0.3, -0.25) is 10.0 Å². The van der Waals surface area contributed by atoms with E-state index in [0.29, 0.717) is 16.9 Å². The van der Waals surface area contributed by atoms with Crippen LogP contribution in [0.1, 0.15) is 18.6 Å². The number of amides is 1. The van der Waals surface area contributed by atoms with Crippen LogP contribution in [-0.4, -0.2) is 47.8 Å². The van der Waals surface area contributed by atoms with Crippen LogP contribution in [0.15, 0.2) is 35.9 Å². The number of methoxy groups -OCH3 is 1. The molecule has 0 saturated carbocycles. The summed E-state index contributed by atoms with van der Waals surface area (Å²) in [6.45, 7) is 1.74. The Morgan fingerprint density at radius 3 is 2.50 bits per heavy atom. The SMILES string of the molecule is CO[C@H](/C(C)=C/C(=O)NO)[C@H](O)c1ccc(OCCO)cc1. The molecule has 7 heteroatoms. The molecule has 4 N–H and O–H groups in total. The van der Waals surface area contributed by atoms with Crippen molar-refractivity contribution >= 4 is 5.91 Å². The Hall–Kier alpha value is -1.93. The second-order valence-electron chi connectivity index (χ2n) is 4.61. The molecule has 0 aliphatic rings. The molecule has 0 aliphatic carbocycles. The molecule has 0 bridgehead atoms. The third-order valence-electron chi connectivity index (χ3n) is 3.04. The highest BCUT2D eigenvalue weighted by molar-refractivity contribution is 5.87. The van der Waals surface area contributed by atoms with Crippen LogP contribution >= 0.6 is 0 Å². The zero-order chi connectivity index (χ0) is 16.5. The van der Waals surface area contributed by atoms with Gasteiger partial charge in [0, 0.05) is 13.2 Å². The van der Waals surface area contributed by atoms with Gasteiger partial charge in [0.2, 0.25) is 0 Å². The fourth-order valence-electron chi connectivity index (χ4n) is 1.98. The molecule has 1 aromatic carbocycles. The molecule has 2 atom stereocenters. The van der Waals surface area contributed by atoms with Gasteiger partial charge in [0.05, 0.1) is 6.61 Å². The van der Waals surface area contributed by atoms with E-state index in [1.54, 1.807) is 31.2 Å². The second kappa shape index (κ2) is 9.16. The van der Waals surface area contributed by atoms with Gasteiger partial charge in [-0.1, -0.05) is 12.1 Å². The smallest absolute Gasteiger partial charge is 0.267 e. The summed E-state index contributed by atoms with van der Waals surface area (Å²) in [5.74, 6) is -0.120. The van der Waals surface area contributed by atoms with Crippen LogP contribution in [0.5, 0.6) is 5.75 Å². The average Bonchev–Trinajstić information content (AvgIpc) is 2.53. The van der Waals surface area contributed by atoms with Crippen LogP contribution in [0.2, 0.25) is 0 Å². The number of aliphatic hydroxyl groups excluding tert-OH is 2. The van der Waals surface area contributed by atoms with Crippen molar-refractivity contribution in [3.8, 4) is 5.75 Å². The van der Waals surface area contributed by atoms with E-state index in [9.17, 15) is 9.90 Å². The lowest BCUT2D eigenvalue weighted by molar-refractivity contribution is -0.124. The van der Waals surface area contributed by atoms with Gasteiger partial charge in [-0.15, -0.1) is 0 Å². The highest BCUT2D eigenvalue weighted by atomic mass is 16.5. The summed E-state index contributed by atoms with van der Waals surface area (Å²) in [7, 11) is 1.42. The fourth-order valence-corrected chi connectivity index (χ4v) is 1.98. The molecule has 1 aromatic rings. The lowest BCUT2D eigenvalue weighted by Crippen LogP contribution is -2.24. The predicted molar refractivity (Wildman–Crippen MR) is 78.5 cm³/mol. The van der Waals surface area contributed by atoms with Crippen molar-refractivity contribution in [1.29, 1.82) is 0 Å². The van der Waals surface area contributed by atoms with Crippen molar-refractivity contribution in [2.24, 2.45) is 0 Å². The van der Waals surface area contributed by atoms with Crippen molar-refractivity contribution in [2.45, 2.75) is 19.1 Å². The first-order valence-corrected chi connectivity index (χ1v) is 6.70. The number of carbonyl (C=O) groups excluding carboxylic acids is 1. The molecular formula is C15H21NO6. The van der Waals surface area contributed by atoms with E-state index in [2.05, 4.69) is 0 Å². The van der Waals surface area contributed by atoms with E-state index in [1.807, 2.05) is 0 Å².